The van der Waals surface area contributed by atoms with Crippen LogP contribution < -0.4 is 10.9 Å². The second-order valence-corrected chi connectivity index (χ2v) is 7.51. The minimum Gasteiger partial charge on any atom is -0.354 e. The van der Waals surface area contributed by atoms with Crippen molar-refractivity contribution in [2.75, 3.05) is 6.54 Å². The van der Waals surface area contributed by atoms with Gasteiger partial charge in [-0.25, -0.2) is 4.98 Å². The Labute approximate surface area is 177 Å². The molecule has 0 saturated carbocycles. The summed E-state index contributed by atoms with van der Waals surface area (Å²) in [5, 5.41) is 2.76. The number of carbonyl (C=O) groups is 1. The van der Waals surface area contributed by atoms with E-state index in [1.807, 2.05) is 30.3 Å². The number of hydrogen-bond acceptors (Lipinski definition) is 3. The normalized spacial score (nSPS) is 12.7. The highest BCUT2D eigenvalue weighted by atomic mass is 19.4. The first-order chi connectivity index (χ1) is 14.6. The van der Waals surface area contributed by atoms with E-state index >= 15 is 0 Å². The highest BCUT2D eigenvalue weighted by Crippen LogP contribution is 2.29. The van der Waals surface area contributed by atoms with Crippen LogP contribution in [0.25, 0.3) is 11.0 Å². The van der Waals surface area contributed by atoms with Crippen molar-refractivity contribution in [1.29, 1.82) is 0 Å². The van der Waals surface area contributed by atoms with E-state index in [0.29, 0.717) is 13.0 Å². The quantitative estimate of drug-likeness (QED) is 0.632. The SMILES string of the molecule is CC[C@H](C(=O)NCCc1ccccc1)n1c(=O)c(C(F)(F)F)nc2cc(C)c(C)cc21. The van der Waals surface area contributed by atoms with Gasteiger partial charge in [-0.2, -0.15) is 13.2 Å². The summed E-state index contributed by atoms with van der Waals surface area (Å²) in [4.78, 5) is 29.3. The van der Waals surface area contributed by atoms with Crippen molar-refractivity contribution in [2.45, 2.75) is 45.8 Å². The van der Waals surface area contributed by atoms with Crippen molar-refractivity contribution < 1.29 is 18.0 Å². The molecule has 1 atom stereocenters. The number of amides is 1. The van der Waals surface area contributed by atoms with E-state index in [0.717, 1.165) is 21.3 Å². The third kappa shape index (κ3) is 4.78. The molecule has 0 radical (unpaired) electrons. The maximum atomic E-state index is 13.5. The molecule has 0 aliphatic rings. The summed E-state index contributed by atoms with van der Waals surface area (Å²) >= 11 is 0. The molecule has 1 aromatic heterocycles. The van der Waals surface area contributed by atoms with Gasteiger partial charge in [0.1, 0.15) is 6.04 Å². The van der Waals surface area contributed by atoms with Gasteiger partial charge in [0.25, 0.3) is 5.56 Å². The molecule has 1 heterocycles. The van der Waals surface area contributed by atoms with Gasteiger partial charge in [-0.3, -0.25) is 14.2 Å². The van der Waals surface area contributed by atoms with Crippen molar-refractivity contribution in [1.82, 2.24) is 14.9 Å². The highest BCUT2D eigenvalue weighted by molar-refractivity contribution is 5.84. The molecule has 3 aromatic rings. The molecule has 0 aliphatic carbocycles. The average molecular weight is 431 g/mol. The predicted molar refractivity (Wildman–Crippen MR) is 113 cm³/mol. The summed E-state index contributed by atoms with van der Waals surface area (Å²) in [7, 11) is 0. The molecular formula is C23H24F3N3O2. The van der Waals surface area contributed by atoms with E-state index in [1.165, 1.54) is 6.07 Å². The van der Waals surface area contributed by atoms with E-state index in [9.17, 15) is 22.8 Å². The summed E-state index contributed by atoms with van der Waals surface area (Å²) in [6, 6.07) is 11.5. The van der Waals surface area contributed by atoms with Crippen LogP contribution in [0.5, 0.6) is 0 Å². The molecule has 164 valence electrons. The Hall–Kier alpha value is -3.16. The lowest BCUT2D eigenvalue weighted by Crippen LogP contribution is -2.40. The largest absolute Gasteiger partial charge is 0.438 e. The predicted octanol–water partition coefficient (Wildman–Crippen LogP) is 4.34. The van der Waals surface area contributed by atoms with Crippen LogP contribution in [0.3, 0.4) is 0 Å². The number of carbonyl (C=O) groups excluding carboxylic acids is 1. The van der Waals surface area contributed by atoms with Crippen LogP contribution in [0.2, 0.25) is 0 Å². The summed E-state index contributed by atoms with van der Waals surface area (Å²) in [6.07, 6.45) is -4.20. The van der Waals surface area contributed by atoms with E-state index in [2.05, 4.69) is 10.3 Å². The van der Waals surface area contributed by atoms with Gasteiger partial charge in [0.05, 0.1) is 11.0 Å². The lowest BCUT2D eigenvalue weighted by molar-refractivity contribution is -0.142. The standard InChI is InChI=1S/C23H24F3N3O2/c1-4-18(21(30)27-11-10-16-8-6-5-7-9-16)29-19-13-15(3)14(2)12-17(19)28-20(22(29)31)23(24,25)26/h5-9,12-13,18H,4,10-11H2,1-3H3,(H,27,30)/t18-/m1/s1. The molecule has 0 spiro atoms. The summed E-state index contributed by atoms with van der Waals surface area (Å²) in [5.41, 5.74) is -0.0168. The molecule has 0 saturated heterocycles. The Kier molecular flexibility index (Phi) is 6.48. The maximum Gasteiger partial charge on any atom is 0.438 e. The van der Waals surface area contributed by atoms with Gasteiger partial charge in [0.2, 0.25) is 11.6 Å². The van der Waals surface area contributed by atoms with Crippen molar-refractivity contribution >= 4 is 16.9 Å². The van der Waals surface area contributed by atoms with E-state index < -0.39 is 29.4 Å². The number of alkyl halides is 3. The maximum absolute atomic E-state index is 13.5. The number of nitrogens with zero attached hydrogens (tertiary/aromatic N) is 2. The van der Waals surface area contributed by atoms with Gasteiger partial charge in [0.15, 0.2) is 0 Å². The van der Waals surface area contributed by atoms with Crippen LogP contribution in [-0.4, -0.2) is 22.0 Å². The van der Waals surface area contributed by atoms with Gasteiger partial charge in [-0.1, -0.05) is 37.3 Å². The van der Waals surface area contributed by atoms with Crippen LogP contribution in [0.4, 0.5) is 13.2 Å². The Morgan fingerprint density at radius 1 is 1.13 bits per heavy atom. The van der Waals surface area contributed by atoms with Gasteiger partial charge in [-0.15, -0.1) is 0 Å². The molecule has 0 unspecified atom stereocenters. The zero-order valence-corrected chi connectivity index (χ0v) is 17.6. The van der Waals surface area contributed by atoms with Gasteiger partial charge in [0, 0.05) is 6.54 Å². The smallest absolute Gasteiger partial charge is 0.354 e. The molecule has 5 nitrogen and oxygen atoms in total. The Morgan fingerprint density at radius 3 is 2.39 bits per heavy atom. The Balaban J connectivity index is 2.03. The molecule has 1 N–H and O–H groups in total. The second kappa shape index (κ2) is 8.91. The number of fused-ring (bicyclic) bond motifs is 1. The first-order valence-electron chi connectivity index (χ1n) is 10.1. The Bertz CT molecular complexity index is 1150. The topological polar surface area (TPSA) is 64.0 Å². The fraction of sp³-hybridized carbons (Fsp3) is 0.348. The number of halogens is 3. The zero-order valence-electron chi connectivity index (χ0n) is 17.6. The molecule has 31 heavy (non-hydrogen) atoms. The van der Waals surface area contributed by atoms with Crippen LogP contribution in [0, 0.1) is 13.8 Å². The van der Waals surface area contributed by atoms with E-state index in [4.69, 9.17) is 0 Å². The van der Waals surface area contributed by atoms with Crippen LogP contribution in [0.15, 0.2) is 47.3 Å². The number of nitrogens with one attached hydrogen (secondary N) is 1. The van der Waals surface area contributed by atoms with Gasteiger partial charge in [-0.05, 0) is 55.5 Å². The molecule has 3 rings (SSSR count). The number of aryl methyl sites for hydroxylation is 2. The van der Waals surface area contributed by atoms with E-state index in [-0.39, 0.29) is 17.5 Å². The number of rotatable bonds is 6. The molecular weight excluding hydrogens is 407 g/mol. The first kappa shape index (κ1) is 22.5. The van der Waals surface area contributed by atoms with Crippen LogP contribution in [-0.2, 0) is 17.4 Å². The van der Waals surface area contributed by atoms with Crippen molar-refractivity contribution in [3.63, 3.8) is 0 Å². The monoisotopic (exact) mass is 431 g/mol. The van der Waals surface area contributed by atoms with Gasteiger partial charge >= 0.3 is 6.18 Å². The minimum absolute atomic E-state index is 0.0329. The number of benzene rings is 2. The molecule has 0 bridgehead atoms. The third-order valence-corrected chi connectivity index (χ3v) is 5.33. The lowest BCUT2D eigenvalue weighted by atomic mass is 10.1. The fourth-order valence-corrected chi connectivity index (χ4v) is 3.53. The highest BCUT2D eigenvalue weighted by Gasteiger charge is 2.38. The van der Waals surface area contributed by atoms with Crippen molar-refractivity contribution in [2.24, 2.45) is 0 Å². The molecule has 0 fully saturated rings. The number of hydrogen-bond donors (Lipinski definition) is 1. The average Bonchev–Trinajstić information content (AvgIpc) is 2.71. The fourth-order valence-electron chi connectivity index (χ4n) is 3.53. The summed E-state index contributed by atoms with van der Waals surface area (Å²) in [6.45, 7) is 5.52. The van der Waals surface area contributed by atoms with Crippen LogP contribution >= 0.6 is 0 Å². The zero-order chi connectivity index (χ0) is 22.8. The third-order valence-electron chi connectivity index (χ3n) is 5.33. The van der Waals surface area contributed by atoms with E-state index in [1.54, 1.807) is 26.8 Å². The first-order valence-corrected chi connectivity index (χ1v) is 10.1. The molecule has 1 amide bonds. The van der Waals surface area contributed by atoms with Crippen molar-refractivity contribution in [3.8, 4) is 0 Å². The minimum atomic E-state index is -4.92. The second-order valence-electron chi connectivity index (χ2n) is 7.51. The van der Waals surface area contributed by atoms with Crippen LogP contribution in [0.1, 0.15) is 41.8 Å². The summed E-state index contributed by atoms with van der Waals surface area (Å²) in [5.74, 6) is -0.501. The summed E-state index contributed by atoms with van der Waals surface area (Å²) < 4.78 is 41.5. The van der Waals surface area contributed by atoms with Crippen molar-refractivity contribution in [3.05, 3.63) is 75.2 Å². The molecule has 0 aliphatic heterocycles. The van der Waals surface area contributed by atoms with Gasteiger partial charge < -0.3 is 5.32 Å². The Morgan fingerprint density at radius 2 is 1.77 bits per heavy atom. The molecule has 2 aromatic carbocycles. The molecule has 8 heteroatoms. The lowest BCUT2D eigenvalue weighted by Gasteiger charge is -2.22. The number of aromatic nitrogens is 2.